The van der Waals surface area contributed by atoms with Crippen molar-refractivity contribution < 1.29 is 14.3 Å². The molecule has 30 heavy (non-hydrogen) atoms. The van der Waals surface area contributed by atoms with Gasteiger partial charge in [0.05, 0.1) is 18.5 Å². The second-order valence-electron chi connectivity index (χ2n) is 7.39. The zero-order chi connectivity index (χ0) is 20.7. The monoisotopic (exact) mass is 399 g/mol. The lowest BCUT2D eigenvalue weighted by molar-refractivity contribution is 0.414. The Labute approximate surface area is 173 Å². The van der Waals surface area contributed by atoms with Crippen LogP contribution in [0.1, 0.15) is 22.7 Å². The summed E-state index contributed by atoms with van der Waals surface area (Å²) in [5, 5.41) is 11.7. The quantitative estimate of drug-likeness (QED) is 0.508. The summed E-state index contributed by atoms with van der Waals surface area (Å²) in [4.78, 5) is 15.2. The van der Waals surface area contributed by atoms with Gasteiger partial charge in [-0.1, -0.05) is 36.4 Å². The molecule has 1 aromatic heterocycles. The van der Waals surface area contributed by atoms with Gasteiger partial charge in [-0.25, -0.2) is 4.79 Å². The molecule has 2 heterocycles. The van der Waals surface area contributed by atoms with Gasteiger partial charge in [-0.3, -0.25) is 0 Å². The molecule has 0 saturated heterocycles. The van der Waals surface area contributed by atoms with E-state index in [2.05, 4.69) is 11.0 Å². The summed E-state index contributed by atoms with van der Waals surface area (Å²) in [7, 11) is 1.63. The molecule has 150 valence electrons. The van der Waals surface area contributed by atoms with Crippen LogP contribution in [0.5, 0.6) is 11.5 Å². The molecular formula is C25H21NO4. The van der Waals surface area contributed by atoms with Crippen LogP contribution in [0.2, 0.25) is 0 Å². The molecule has 0 radical (unpaired) electrons. The highest BCUT2D eigenvalue weighted by atomic mass is 16.5. The van der Waals surface area contributed by atoms with Gasteiger partial charge in [0.15, 0.2) is 0 Å². The number of fused-ring (bicyclic) bond motifs is 2. The van der Waals surface area contributed by atoms with E-state index >= 15 is 0 Å². The van der Waals surface area contributed by atoms with Gasteiger partial charge in [0.25, 0.3) is 0 Å². The Morgan fingerprint density at radius 2 is 1.73 bits per heavy atom. The highest BCUT2D eigenvalue weighted by Crippen LogP contribution is 2.42. The normalized spacial score (nSPS) is 15.8. The van der Waals surface area contributed by atoms with E-state index in [-0.39, 0.29) is 11.3 Å². The number of aromatic hydroxyl groups is 1. The van der Waals surface area contributed by atoms with Crippen molar-refractivity contribution in [2.45, 2.75) is 12.5 Å². The minimum absolute atomic E-state index is 0.0259. The average molecular weight is 399 g/mol. The molecule has 5 rings (SSSR count). The van der Waals surface area contributed by atoms with Crippen LogP contribution in [-0.2, 0) is 6.42 Å². The van der Waals surface area contributed by atoms with Crippen LogP contribution >= 0.6 is 0 Å². The number of nitrogens with zero attached hydrogens (tertiary/aromatic N) is 1. The number of hydrogen-bond donors (Lipinski definition) is 1. The molecule has 5 nitrogen and oxygen atoms in total. The highest BCUT2D eigenvalue weighted by molar-refractivity contribution is 5.84. The number of methoxy groups -OCH3 is 1. The van der Waals surface area contributed by atoms with Gasteiger partial charge in [-0.2, -0.15) is 0 Å². The molecule has 5 heteroatoms. The first kappa shape index (κ1) is 18.3. The molecule has 0 spiro atoms. The Morgan fingerprint density at radius 1 is 1.00 bits per heavy atom. The number of benzene rings is 3. The number of rotatable bonds is 3. The third kappa shape index (κ3) is 2.90. The summed E-state index contributed by atoms with van der Waals surface area (Å²) >= 11 is 0. The van der Waals surface area contributed by atoms with Crippen LogP contribution in [-0.4, -0.2) is 18.8 Å². The van der Waals surface area contributed by atoms with Gasteiger partial charge in [0.1, 0.15) is 22.6 Å². The van der Waals surface area contributed by atoms with Crippen molar-refractivity contribution in [3.8, 4) is 11.5 Å². The summed E-state index contributed by atoms with van der Waals surface area (Å²) < 4.78 is 10.9. The zero-order valence-electron chi connectivity index (χ0n) is 16.5. The molecule has 1 N–H and O–H groups in total. The van der Waals surface area contributed by atoms with E-state index in [1.54, 1.807) is 25.3 Å². The topological polar surface area (TPSA) is 62.9 Å². The number of ether oxygens (including phenoxy) is 1. The number of hydrogen-bond acceptors (Lipinski definition) is 5. The van der Waals surface area contributed by atoms with Crippen molar-refractivity contribution in [2.75, 3.05) is 18.6 Å². The molecule has 3 aromatic carbocycles. The van der Waals surface area contributed by atoms with Crippen molar-refractivity contribution >= 4 is 16.7 Å². The van der Waals surface area contributed by atoms with Crippen molar-refractivity contribution in [2.24, 2.45) is 0 Å². The lowest BCUT2D eigenvalue weighted by Crippen LogP contribution is -2.38. The molecule has 0 fully saturated rings. The van der Waals surface area contributed by atoms with Gasteiger partial charge < -0.3 is 19.2 Å². The van der Waals surface area contributed by atoms with Crippen molar-refractivity contribution in [3.63, 3.8) is 0 Å². The summed E-state index contributed by atoms with van der Waals surface area (Å²) in [6.45, 7) is 0.708. The van der Waals surface area contributed by atoms with Crippen LogP contribution in [0.15, 0.2) is 82.0 Å². The third-order valence-electron chi connectivity index (χ3n) is 5.78. The Balaban J connectivity index is 1.75. The first-order chi connectivity index (χ1) is 14.7. The fourth-order valence-electron chi connectivity index (χ4n) is 4.32. The van der Waals surface area contributed by atoms with Crippen molar-refractivity contribution in [3.05, 3.63) is 99.9 Å². The molecule has 0 bridgehead atoms. The Bertz CT molecular complexity index is 1280. The minimum atomic E-state index is -0.522. The van der Waals surface area contributed by atoms with E-state index < -0.39 is 11.7 Å². The van der Waals surface area contributed by atoms with Crippen LogP contribution in [0, 0.1) is 0 Å². The molecule has 0 amide bonds. The first-order valence-corrected chi connectivity index (χ1v) is 9.90. The predicted molar refractivity (Wildman–Crippen MR) is 116 cm³/mol. The molecule has 0 saturated carbocycles. The fraction of sp³-hybridized carbons (Fsp3) is 0.160. The van der Waals surface area contributed by atoms with E-state index in [0.717, 1.165) is 23.4 Å². The van der Waals surface area contributed by atoms with Crippen LogP contribution < -0.4 is 15.3 Å². The second-order valence-corrected chi connectivity index (χ2v) is 7.39. The molecule has 1 aliphatic heterocycles. The molecule has 0 aliphatic carbocycles. The highest BCUT2D eigenvalue weighted by Gasteiger charge is 2.34. The van der Waals surface area contributed by atoms with E-state index in [1.165, 1.54) is 5.56 Å². The van der Waals surface area contributed by atoms with E-state index in [9.17, 15) is 9.90 Å². The molecule has 1 unspecified atom stereocenters. The summed E-state index contributed by atoms with van der Waals surface area (Å²) in [5.74, 6) is 0.739. The summed E-state index contributed by atoms with van der Waals surface area (Å²) in [6, 6.07) is 22.4. The van der Waals surface area contributed by atoms with E-state index in [4.69, 9.17) is 9.15 Å². The SMILES string of the molecule is COc1ccc(N2CCc3ccccc3C2c2c(O)c3ccccc3oc2=O)cc1. The third-order valence-corrected chi connectivity index (χ3v) is 5.78. The van der Waals surface area contributed by atoms with Gasteiger partial charge in [0, 0.05) is 12.2 Å². The smallest absolute Gasteiger partial charge is 0.345 e. The average Bonchev–Trinajstić information content (AvgIpc) is 2.79. The maximum Gasteiger partial charge on any atom is 0.345 e. The molecular weight excluding hydrogens is 378 g/mol. The lowest BCUT2D eigenvalue weighted by Gasteiger charge is -2.39. The lowest BCUT2D eigenvalue weighted by atomic mass is 9.87. The zero-order valence-corrected chi connectivity index (χ0v) is 16.5. The fourth-order valence-corrected chi connectivity index (χ4v) is 4.32. The Morgan fingerprint density at radius 3 is 2.53 bits per heavy atom. The first-order valence-electron chi connectivity index (χ1n) is 9.90. The standard InChI is InChI=1S/C25H21NO4/c1-29-18-12-10-17(11-13-18)26-15-14-16-6-2-3-7-19(16)23(26)22-24(27)20-8-4-5-9-21(20)30-25(22)28/h2-13,23,27H,14-15H2,1H3. The summed E-state index contributed by atoms with van der Waals surface area (Å²) in [6.07, 6.45) is 0.846. The van der Waals surface area contributed by atoms with Crippen LogP contribution in [0.25, 0.3) is 11.0 Å². The maximum absolute atomic E-state index is 13.1. The van der Waals surface area contributed by atoms with Gasteiger partial charge in [-0.05, 0) is 53.9 Å². The van der Waals surface area contributed by atoms with Crippen LogP contribution in [0.4, 0.5) is 5.69 Å². The minimum Gasteiger partial charge on any atom is -0.507 e. The molecule has 1 aliphatic rings. The summed E-state index contributed by atoms with van der Waals surface area (Å²) in [5.41, 5.74) is 3.23. The van der Waals surface area contributed by atoms with Gasteiger partial charge in [-0.15, -0.1) is 0 Å². The molecule has 4 aromatic rings. The van der Waals surface area contributed by atoms with Gasteiger partial charge >= 0.3 is 5.63 Å². The van der Waals surface area contributed by atoms with E-state index in [1.807, 2.05) is 48.5 Å². The van der Waals surface area contributed by atoms with Gasteiger partial charge in [0.2, 0.25) is 0 Å². The maximum atomic E-state index is 13.1. The second kappa shape index (κ2) is 7.26. The van der Waals surface area contributed by atoms with Crippen LogP contribution in [0.3, 0.4) is 0 Å². The number of anilines is 1. The molecule has 1 atom stereocenters. The number of para-hydroxylation sites is 1. The van der Waals surface area contributed by atoms with Crippen molar-refractivity contribution in [1.29, 1.82) is 0 Å². The van der Waals surface area contributed by atoms with E-state index in [0.29, 0.717) is 17.5 Å². The Hall–Kier alpha value is -3.73. The predicted octanol–water partition coefficient (Wildman–Crippen LogP) is 4.66. The Kier molecular flexibility index (Phi) is 4.43. The largest absolute Gasteiger partial charge is 0.507 e. The van der Waals surface area contributed by atoms with Crippen molar-refractivity contribution in [1.82, 2.24) is 0 Å².